The Morgan fingerprint density at radius 3 is 2.55 bits per heavy atom. The molecule has 4 N–H and O–H groups in total. The summed E-state index contributed by atoms with van der Waals surface area (Å²) in [4.78, 5) is 33.5. The largest absolute Gasteiger partial charge is 0.392 e. The molecule has 1 fully saturated rings. The van der Waals surface area contributed by atoms with E-state index in [4.69, 9.17) is 10.8 Å². The van der Waals surface area contributed by atoms with Gasteiger partial charge < -0.3 is 20.7 Å². The van der Waals surface area contributed by atoms with Gasteiger partial charge in [0.2, 0.25) is 11.4 Å². The molecule has 8 nitrogen and oxygen atoms in total. The predicted octanol–water partition coefficient (Wildman–Crippen LogP) is 2.54. The molecule has 4 rings (SSSR count). The highest BCUT2D eigenvalue weighted by molar-refractivity contribution is 5.95. The van der Waals surface area contributed by atoms with Crippen LogP contribution in [0.3, 0.4) is 0 Å². The summed E-state index contributed by atoms with van der Waals surface area (Å²) in [5, 5.41) is 12.7. The number of carbonyl (C=O) groups excluding carboxylic acids is 1. The normalized spacial score (nSPS) is 14.6. The molecule has 1 aromatic carbocycles. The first-order valence-corrected chi connectivity index (χ1v) is 10.7. The van der Waals surface area contributed by atoms with Gasteiger partial charge in [0.15, 0.2) is 0 Å². The van der Waals surface area contributed by atoms with Crippen molar-refractivity contribution in [3.8, 4) is 0 Å². The van der Waals surface area contributed by atoms with Gasteiger partial charge in [-0.1, -0.05) is 43.5 Å². The van der Waals surface area contributed by atoms with Gasteiger partial charge in [-0.3, -0.25) is 9.59 Å². The molecule has 0 saturated heterocycles. The van der Waals surface area contributed by atoms with E-state index < -0.39 is 11.3 Å². The van der Waals surface area contributed by atoms with Gasteiger partial charge in [-0.2, -0.15) is 4.98 Å². The van der Waals surface area contributed by atoms with E-state index in [9.17, 15) is 9.59 Å². The Kier molecular flexibility index (Phi) is 6.27. The monoisotopic (exact) mass is 421 g/mol. The van der Waals surface area contributed by atoms with Crippen molar-refractivity contribution >= 4 is 22.9 Å². The lowest BCUT2D eigenvalue weighted by Gasteiger charge is -2.26. The lowest BCUT2D eigenvalue weighted by molar-refractivity contribution is 0.0998. The summed E-state index contributed by atoms with van der Waals surface area (Å²) in [6.45, 7) is 0.653. The Labute approximate surface area is 180 Å². The first kappa shape index (κ1) is 21.0. The third-order valence-corrected chi connectivity index (χ3v) is 5.91. The molecular formula is C23H27N5O3. The quantitative estimate of drug-likeness (QED) is 0.539. The van der Waals surface area contributed by atoms with Crippen molar-refractivity contribution in [2.24, 2.45) is 5.73 Å². The average molecular weight is 422 g/mol. The van der Waals surface area contributed by atoms with Gasteiger partial charge in [0.1, 0.15) is 11.2 Å². The molecule has 0 aliphatic heterocycles. The number of nitrogens with two attached hydrogens (primary N) is 1. The van der Waals surface area contributed by atoms with Crippen LogP contribution in [0.4, 0.5) is 5.95 Å². The van der Waals surface area contributed by atoms with Crippen molar-refractivity contribution in [1.82, 2.24) is 14.5 Å². The highest BCUT2D eigenvalue weighted by Crippen LogP contribution is 2.30. The first-order valence-electron chi connectivity index (χ1n) is 10.7. The van der Waals surface area contributed by atoms with Gasteiger partial charge >= 0.3 is 0 Å². The van der Waals surface area contributed by atoms with Crippen LogP contribution in [0, 0.1) is 0 Å². The summed E-state index contributed by atoms with van der Waals surface area (Å²) in [5.41, 5.74) is 7.56. The van der Waals surface area contributed by atoms with Crippen LogP contribution in [0.15, 0.2) is 41.5 Å². The van der Waals surface area contributed by atoms with Crippen molar-refractivity contribution in [3.63, 3.8) is 0 Å². The molecule has 0 radical (unpaired) electrons. The van der Waals surface area contributed by atoms with Gasteiger partial charge in [-0.15, -0.1) is 0 Å². The van der Waals surface area contributed by atoms with E-state index >= 15 is 0 Å². The number of benzene rings is 1. The number of nitrogens with zero attached hydrogens (tertiary/aromatic N) is 3. The molecule has 1 aliphatic carbocycles. The minimum atomic E-state index is -0.731. The van der Waals surface area contributed by atoms with Gasteiger partial charge in [0.25, 0.3) is 5.91 Å². The standard InChI is InChI=1S/C23H27N5O3/c24-21(31)19-13-28(17-4-2-1-3-5-17)22-18(20(19)30)12-26-23(27-22)25-11-10-15-6-8-16(14-29)9-7-15/h6-9,12-13,17,29H,1-5,10-11,14H2,(H2,24,31)(H,25,26,27). The molecule has 162 valence electrons. The molecule has 0 unspecified atom stereocenters. The smallest absolute Gasteiger partial charge is 0.254 e. The van der Waals surface area contributed by atoms with E-state index in [2.05, 4.69) is 15.3 Å². The van der Waals surface area contributed by atoms with Gasteiger partial charge in [-0.05, 0) is 30.4 Å². The second-order valence-electron chi connectivity index (χ2n) is 8.02. The second kappa shape index (κ2) is 9.26. The van der Waals surface area contributed by atoms with Crippen LogP contribution in [-0.2, 0) is 13.0 Å². The molecule has 0 atom stereocenters. The third kappa shape index (κ3) is 4.59. The molecule has 1 saturated carbocycles. The van der Waals surface area contributed by atoms with E-state index in [0.717, 1.165) is 43.2 Å². The van der Waals surface area contributed by atoms with Crippen molar-refractivity contribution in [2.75, 3.05) is 11.9 Å². The summed E-state index contributed by atoms with van der Waals surface area (Å²) in [6, 6.07) is 7.96. The number of aliphatic hydroxyl groups is 1. The zero-order chi connectivity index (χ0) is 21.8. The van der Waals surface area contributed by atoms with E-state index in [1.54, 1.807) is 6.20 Å². The fraction of sp³-hybridized carbons (Fsp3) is 0.391. The number of aliphatic hydroxyl groups excluding tert-OH is 1. The number of nitrogens with one attached hydrogen (secondary N) is 1. The third-order valence-electron chi connectivity index (χ3n) is 5.91. The van der Waals surface area contributed by atoms with Crippen molar-refractivity contribution < 1.29 is 9.90 Å². The molecule has 3 aromatic rings. The van der Waals surface area contributed by atoms with Crippen molar-refractivity contribution in [1.29, 1.82) is 0 Å². The maximum absolute atomic E-state index is 12.7. The SMILES string of the molecule is NC(=O)c1cn(C2CCCCC2)c2nc(NCCc3ccc(CO)cc3)ncc2c1=O. The van der Waals surface area contributed by atoms with Crippen LogP contribution in [0.5, 0.6) is 0 Å². The minimum Gasteiger partial charge on any atom is -0.392 e. The molecule has 1 amide bonds. The molecular weight excluding hydrogens is 394 g/mol. The summed E-state index contributed by atoms with van der Waals surface area (Å²) >= 11 is 0. The lowest BCUT2D eigenvalue weighted by atomic mass is 9.95. The van der Waals surface area contributed by atoms with E-state index in [0.29, 0.717) is 23.5 Å². The van der Waals surface area contributed by atoms with Crippen molar-refractivity contribution in [2.45, 2.75) is 51.2 Å². The minimum absolute atomic E-state index is 0.0197. The molecule has 2 heterocycles. The van der Waals surface area contributed by atoms with Crippen LogP contribution < -0.4 is 16.5 Å². The van der Waals surface area contributed by atoms with Gasteiger partial charge in [0.05, 0.1) is 12.0 Å². The fourth-order valence-corrected chi connectivity index (χ4v) is 4.16. The van der Waals surface area contributed by atoms with E-state index in [1.165, 1.54) is 12.6 Å². The Hall–Kier alpha value is -3.26. The summed E-state index contributed by atoms with van der Waals surface area (Å²) in [6.07, 6.45) is 9.18. The molecule has 1 aliphatic rings. The van der Waals surface area contributed by atoms with Crippen LogP contribution >= 0.6 is 0 Å². The van der Waals surface area contributed by atoms with E-state index in [1.807, 2.05) is 28.8 Å². The number of fused-ring (bicyclic) bond motifs is 1. The number of primary amides is 1. The number of pyridine rings is 1. The number of rotatable bonds is 7. The predicted molar refractivity (Wildman–Crippen MR) is 119 cm³/mol. The number of amides is 1. The summed E-state index contributed by atoms with van der Waals surface area (Å²) < 4.78 is 1.94. The fourth-order valence-electron chi connectivity index (χ4n) is 4.16. The molecule has 0 spiro atoms. The Balaban J connectivity index is 1.61. The zero-order valence-electron chi connectivity index (χ0n) is 17.4. The van der Waals surface area contributed by atoms with Crippen LogP contribution in [0.2, 0.25) is 0 Å². The maximum Gasteiger partial charge on any atom is 0.254 e. The zero-order valence-corrected chi connectivity index (χ0v) is 17.4. The number of aromatic nitrogens is 3. The first-order chi connectivity index (χ1) is 15.1. The Morgan fingerprint density at radius 2 is 1.87 bits per heavy atom. The summed E-state index contributed by atoms with van der Waals surface area (Å²) in [5.74, 6) is -0.291. The highest BCUT2D eigenvalue weighted by Gasteiger charge is 2.21. The average Bonchev–Trinajstić information content (AvgIpc) is 2.80. The molecule has 8 heteroatoms. The number of hydrogen-bond acceptors (Lipinski definition) is 6. The molecule has 2 aromatic heterocycles. The Morgan fingerprint density at radius 1 is 1.16 bits per heavy atom. The topological polar surface area (TPSA) is 123 Å². The Bertz CT molecular complexity index is 1130. The number of anilines is 1. The molecule has 31 heavy (non-hydrogen) atoms. The van der Waals surface area contributed by atoms with Gasteiger partial charge in [-0.25, -0.2) is 4.98 Å². The van der Waals surface area contributed by atoms with E-state index in [-0.39, 0.29) is 18.2 Å². The second-order valence-corrected chi connectivity index (χ2v) is 8.02. The van der Waals surface area contributed by atoms with Crippen molar-refractivity contribution in [3.05, 3.63) is 63.6 Å². The lowest BCUT2D eigenvalue weighted by Crippen LogP contribution is -2.27. The summed E-state index contributed by atoms with van der Waals surface area (Å²) in [7, 11) is 0. The molecule has 0 bridgehead atoms. The van der Waals surface area contributed by atoms with Crippen LogP contribution in [0.1, 0.15) is 59.6 Å². The number of hydrogen-bond donors (Lipinski definition) is 3. The van der Waals surface area contributed by atoms with Gasteiger partial charge in [0, 0.05) is 25.0 Å². The van der Waals surface area contributed by atoms with Crippen LogP contribution in [-0.4, -0.2) is 32.1 Å². The maximum atomic E-state index is 12.7. The van der Waals surface area contributed by atoms with Crippen LogP contribution in [0.25, 0.3) is 11.0 Å². The number of carbonyl (C=O) groups is 1. The highest BCUT2D eigenvalue weighted by atomic mass is 16.3.